The van der Waals surface area contributed by atoms with Crippen molar-refractivity contribution in [3.8, 4) is 5.75 Å². The van der Waals surface area contributed by atoms with Gasteiger partial charge in [0.25, 0.3) is 0 Å². The van der Waals surface area contributed by atoms with Crippen LogP contribution in [0.5, 0.6) is 5.75 Å². The molecular weight excluding hydrogens is 307 g/mol. The van der Waals surface area contributed by atoms with Gasteiger partial charge >= 0.3 is 15.6 Å². The summed E-state index contributed by atoms with van der Waals surface area (Å²) in [6.07, 6.45) is 1.89. The summed E-state index contributed by atoms with van der Waals surface area (Å²) in [7, 11) is -1.76. The molecular formula is C13H16F3NO3S. The van der Waals surface area contributed by atoms with Crippen molar-refractivity contribution in [3.63, 3.8) is 0 Å². The molecule has 1 aliphatic carbocycles. The maximum Gasteiger partial charge on any atom is 0.534 e. The van der Waals surface area contributed by atoms with Crippen LogP contribution in [0.1, 0.15) is 17.5 Å². The minimum Gasteiger partial charge on any atom is -0.376 e. The first-order chi connectivity index (χ1) is 9.62. The van der Waals surface area contributed by atoms with Crippen LogP contribution in [0.2, 0.25) is 0 Å². The Kier molecular flexibility index (Phi) is 4.21. The molecule has 21 heavy (non-hydrogen) atoms. The van der Waals surface area contributed by atoms with Gasteiger partial charge in [0, 0.05) is 6.04 Å². The van der Waals surface area contributed by atoms with Crippen molar-refractivity contribution >= 4 is 10.1 Å². The molecule has 0 saturated carbocycles. The fourth-order valence-electron chi connectivity index (χ4n) is 2.44. The summed E-state index contributed by atoms with van der Waals surface area (Å²) < 4.78 is 63.7. The molecule has 118 valence electrons. The first kappa shape index (κ1) is 16.1. The number of hydrogen-bond donors (Lipinski definition) is 0. The van der Waals surface area contributed by atoms with Crippen LogP contribution in [-0.2, 0) is 23.0 Å². The molecule has 1 aromatic carbocycles. The second-order valence-corrected chi connectivity index (χ2v) is 6.78. The molecule has 1 aliphatic rings. The molecule has 1 unspecified atom stereocenters. The summed E-state index contributed by atoms with van der Waals surface area (Å²) in [4.78, 5) is 2.04. The van der Waals surface area contributed by atoms with Crippen LogP contribution in [0.15, 0.2) is 18.2 Å². The van der Waals surface area contributed by atoms with Gasteiger partial charge in [-0.05, 0) is 50.6 Å². The van der Waals surface area contributed by atoms with Gasteiger partial charge in [0.2, 0.25) is 0 Å². The molecule has 0 radical (unpaired) electrons. The highest BCUT2D eigenvalue weighted by atomic mass is 32.2. The number of benzene rings is 1. The lowest BCUT2D eigenvalue weighted by Gasteiger charge is -2.30. The van der Waals surface area contributed by atoms with E-state index in [0.717, 1.165) is 12.0 Å². The van der Waals surface area contributed by atoms with Gasteiger partial charge in [0.1, 0.15) is 5.75 Å². The summed E-state index contributed by atoms with van der Waals surface area (Å²) in [5.74, 6) is -0.220. The van der Waals surface area contributed by atoms with Gasteiger partial charge in [-0.3, -0.25) is 0 Å². The Balaban J connectivity index is 2.31. The third kappa shape index (κ3) is 3.32. The smallest absolute Gasteiger partial charge is 0.376 e. The second-order valence-electron chi connectivity index (χ2n) is 5.24. The monoisotopic (exact) mass is 323 g/mol. The zero-order valence-corrected chi connectivity index (χ0v) is 12.5. The SMILES string of the molecule is CN(C)C1CCc2c(cccc2OS(=O)(=O)C(F)(F)F)C1. The first-order valence-electron chi connectivity index (χ1n) is 6.40. The molecule has 0 N–H and O–H groups in total. The molecule has 0 spiro atoms. The zero-order chi connectivity index (χ0) is 15.8. The highest BCUT2D eigenvalue weighted by Gasteiger charge is 2.48. The molecule has 0 saturated heterocycles. The van der Waals surface area contributed by atoms with Crippen LogP contribution < -0.4 is 4.18 Å². The van der Waals surface area contributed by atoms with Gasteiger partial charge in [-0.15, -0.1) is 0 Å². The summed E-state index contributed by atoms with van der Waals surface area (Å²) in [5, 5.41) is 0. The highest BCUT2D eigenvalue weighted by Crippen LogP contribution is 2.34. The second kappa shape index (κ2) is 5.49. The van der Waals surface area contributed by atoms with Crippen LogP contribution >= 0.6 is 0 Å². The van der Waals surface area contributed by atoms with Gasteiger partial charge in [-0.2, -0.15) is 21.6 Å². The quantitative estimate of drug-likeness (QED) is 0.633. The van der Waals surface area contributed by atoms with E-state index in [-0.39, 0.29) is 11.8 Å². The lowest BCUT2D eigenvalue weighted by Crippen LogP contribution is -2.34. The van der Waals surface area contributed by atoms with Crippen molar-refractivity contribution in [1.82, 2.24) is 4.90 Å². The standard InChI is InChI=1S/C13H16F3NO3S/c1-17(2)10-6-7-11-9(8-10)4-3-5-12(11)20-21(18,19)13(14,15)16/h3-5,10H,6-8H2,1-2H3. The van der Waals surface area contributed by atoms with Gasteiger partial charge in [0.15, 0.2) is 0 Å². The van der Waals surface area contributed by atoms with Crippen molar-refractivity contribution in [1.29, 1.82) is 0 Å². The van der Waals surface area contributed by atoms with Crippen molar-refractivity contribution < 1.29 is 25.8 Å². The number of fused-ring (bicyclic) bond motifs is 1. The van der Waals surface area contributed by atoms with Gasteiger partial charge in [-0.1, -0.05) is 12.1 Å². The van der Waals surface area contributed by atoms with Crippen LogP contribution in [0.4, 0.5) is 13.2 Å². The lowest BCUT2D eigenvalue weighted by molar-refractivity contribution is -0.0500. The highest BCUT2D eigenvalue weighted by molar-refractivity contribution is 7.88. The van der Waals surface area contributed by atoms with E-state index in [4.69, 9.17) is 0 Å². The Morgan fingerprint density at radius 1 is 1.29 bits per heavy atom. The Bertz CT molecular complexity index is 626. The number of rotatable bonds is 3. The minimum absolute atomic E-state index is 0.220. The van der Waals surface area contributed by atoms with E-state index in [9.17, 15) is 21.6 Å². The van der Waals surface area contributed by atoms with E-state index in [1.165, 1.54) is 12.1 Å². The Labute approximate surface area is 121 Å². The van der Waals surface area contributed by atoms with E-state index in [2.05, 4.69) is 4.18 Å². The number of halogens is 3. The van der Waals surface area contributed by atoms with Crippen LogP contribution in [0, 0.1) is 0 Å². The van der Waals surface area contributed by atoms with Crippen molar-refractivity contribution in [2.45, 2.75) is 30.8 Å². The molecule has 1 aromatic rings. The molecule has 0 aromatic heterocycles. The van der Waals surface area contributed by atoms with E-state index in [1.54, 1.807) is 6.07 Å². The average molecular weight is 323 g/mol. The van der Waals surface area contributed by atoms with Gasteiger partial charge < -0.3 is 9.08 Å². The van der Waals surface area contributed by atoms with Crippen molar-refractivity contribution in [2.24, 2.45) is 0 Å². The fraction of sp³-hybridized carbons (Fsp3) is 0.538. The third-order valence-electron chi connectivity index (χ3n) is 3.63. The van der Waals surface area contributed by atoms with Crippen molar-refractivity contribution in [2.75, 3.05) is 14.1 Å². The minimum atomic E-state index is -5.62. The predicted octanol–water partition coefficient (Wildman–Crippen LogP) is 2.33. The molecule has 0 heterocycles. The molecule has 0 amide bonds. The molecule has 0 bridgehead atoms. The predicted molar refractivity (Wildman–Crippen MR) is 71.5 cm³/mol. The Morgan fingerprint density at radius 3 is 2.52 bits per heavy atom. The maximum atomic E-state index is 12.4. The van der Waals surface area contributed by atoms with Crippen LogP contribution in [0.3, 0.4) is 0 Å². The summed E-state index contributed by atoms with van der Waals surface area (Å²) in [5.41, 5.74) is -4.05. The topological polar surface area (TPSA) is 46.6 Å². The molecule has 4 nitrogen and oxygen atoms in total. The Hall–Kier alpha value is -1.28. The fourth-order valence-corrected chi connectivity index (χ4v) is 2.92. The zero-order valence-electron chi connectivity index (χ0n) is 11.6. The third-order valence-corrected chi connectivity index (χ3v) is 4.59. The summed E-state index contributed by atoms with van der Waals surface area (Å²) >= 11 is 0. The Morgan fingerprint density at radius 2 is 1.95 bits per heavy atom. The molecule has 1 atom stereocenters. The van der Waals surface area contributed by atoms with Crippen LogP contribution in [0.25, 0.3) is 0 Å². The van der Waals surface area contributed by atoms with E-state index in [1.807, 2.05) is 19.0 Å². The van der Waals surface area contributed by atoms with Crippen molar-refractivity contribution in [3.05, 3.63) is 29.3 Å². The normalized spacial score (nSPS) is 19.4. The number of likely N-dealkylation sites (N-methyl/N-ethyl adjacent to an activating group) is 1. The number of alkyl halides is 3. The summed E-state index contributed by atoms with van der Waals surface area (Å²) in [6, 6.07) is 4.85. The number of hydrogen-bond acceptors (Lipinski definition) is 4. The first-order valence-corrected chi connectivity index (χ1v) is 7.80. The van der Waals surface area contributed by atoms with E-state index >= 15 is 0 Å². The average Bonchev–Trinajstić information content (AvgIpc) is 2.36. The number of nitrogens with zero attached hydrogens (tertiary/aromatic N) is 1. The van der Waals surface area contributed by atoms with E-state index in [0.29, 0.717) is 18.4 Å². The molecule has 0 aliphatic heterocycles. The molecule has 2 rings (SSSR count). The molecule has 0 fully saturated rings. The van der Waals surface area contributed by atoms with Crippen LogP contribution in [-0.4, -0.2) is 39.0 Å². The van der Waals surface area contributed by atoms with E-state index < -0.39 is 15.6 Å². The lowest BCUT2D eigenvalue weighted by atomic mass is 9.87. The van der Waals surface area contributed by atoms with Gasteiger partial charge in [0.05, 0.1) is 0 Å². The summed E-state index contributed by atoms with van der Waals surface area (Å²) in [6.45, 7) is 0. The maximum absolute atomic E-state index is 12.4. The van der Waals surface area contributed by atoms with Gasteiger partial charge in [-0.25, -0.2) is 0 Å². The molecule has 8 heteroatoms. The largest absolute Gasteiger partial charge is 0.534 e.